The molecule has 1 unspecified atom stereocenters. The quantitative estimate of drug-likeness (QED) is 0.851. The Morgan fingerprint density at radius 2 is 1.88 bits per heavy atom. The predicted octanol–water partition coefficient (Wildman–Crippen LogP) is 4.05. The van der Waals surface area contributed by atoms with Crippen molar-refractivity contribution in [2.24, 2.45) is 0 Å². The molecule has 0 aliphatic carbocycles. The average Bonchev–Trinajstić information content (AvgIpc) is 3.13. The van der Waals surface area contributed by atoms with Crippen molar-refractivity contribution in [2.45, 2.75) is 38.1 Å². The van der Waals surface area contributed by atoms with Gasteiger partial charge < -0.3 is 14.7 Å². The van der Waals surface area contributed by atoms with E-state index in [2.05, 4.69) is 0 Å². The van der Waals surface area contributed by atoms with Gasteiger partial charge in [-0.2, -0.15) is 0 Å². The molecule has 136 valence electrons. The van der Waals surface area contributed by atoms with E-state index in [9.17, 15) is 14.7 Å². The first kappa shape index (κ1) is 18.0. The van der Waals surface area contributed by atoms with Crippen LogP contribution < -0.4 is 4.74 Å². The predicted molar refractivity (Wildman–Crippen MR) is 98.4 cm³/mol. The summed E-state index contributed by atoms with van der Waals surface area (Å²) in [6.07, 6.45) is 1.58. The number of benzene rings is 2. The minimum absolute atomic E-state index is 0.0168. The number of hydrogen-bond donors (Lipinski definition) is 1. The Hall–Kier alpha value is -2.82. The van der Waals surface area contributed by atoms with Crippen LogP contribution in [0.25, 0.3) is 0 Å². The third kappa shape index (κ3) is 4.23. The van der Waals surface area contributed by atoms with E-state index in [-0.39, 0.29) is 11.8 Å². The van der Waals surface area contributed by atoms with E-state index >= 15 is 0 Å². The second kappa shape index (κ2) is 8.04. The van der Waals surface area contributed by atoms with E-state index in [4.69, 9.17) is 4.74 Å². The lowest BCUT2D eigenvalue weighted by Gasteiger charge is -2.23. The molecule has 2 aromatic carbocycles. The number of para-hydroxylation sites is 1. The van der Waals surface area contributed by atoms with E-state index in [1.807, 2.05) is 61.5 Å². The fourth-order valence-electron chi connectivity index (χ4n) is 3.33. The Kier molecular flexibility index (Phi) is 5.56. The first-order chi connectivity index (χ1) is 12.5. The SMILES string of the molecule is CC(CC(=O)N1CCC[C@H]1C(=O)O)c1cccc(Oc2ccccc2)c1. The van der Waals surface area contributed by atoms with Crippen molar-refractivity contribution in [1.29, 1.82) is 0 Å². The van der Waals surface area contributed by atoms with Crippen LogP contribution in [0.5, 0.6) is 11.5 Å². The smallest absolute Gasteiger partial charge is 0.326 e. The summed E-state index contributed by atoms with van der Waals surface area (Å²) in [6.45, 7) is 2.51. The molecule has 1 heterocycles. The molecule has 0 spiro atoms. The Balaban J connectivity index is 1.66. The Bertz CT molecular complexity index is 775. The minimum atomic E-state index is -0.915. The molecule has 2 aromatic rings. The molecule has 26 heavy (non-hydrogen) atoms. The van der Waals surface area contributed by atoms with E-state index in [1.54, 1.807) is 0 Å². The van der Waals surface area contributed by atoms with Gasteiger partial charge in [-0.15, -0.1) is 0 Å². The maximum absolute atomic E-state index is 12.6. The van der Waals surface area contributed by atoms with Crippen LogP contribution in [0.1, 0.15) is 37.7 Å². The number of nitrogens with zero attached hydrogens (tertiary/aromatic N) is 1. The third-order valence-electron chi connectivity index (χ3n) is 4.75. The highest BCUT2D eigenvalue weighted by molar-refractivity contribution is 5.84. The molecule has 1 saturated heterocycles. The normalized spacial score (nSPS) is 17.7. The minimum Gasteiger partial charge on any atom is -0.480 e. The highest BCUT2D eigenvalue weighted by atomic mass is 16.5. The zero-order valence-electron chi connectivity index (χ0n) is 14.8. The molecule has 0 radical (unpaired) electrons. The molecule has 1 amide bonds. The van der Waals surface area contributed by atoms with Gasteiger partial charge in [-0.05, 0) is 48.6 Å². The lowest BCUT2D eigenvalue weighted by Crippen LogP contribution is -2.40. The number of carboxylic acid groups (broad SMARTS) is 1. The highest BCUT2D eigenvalue weighted by Gasteiger charge is 2.34. The number of carbonyl (C=O) groups is 2. The number of amides is 1. The maximum Gasteiger partial charge on any atom is 0.326 e. The molecule has 2 atom stereocenters. The van der Waals surface area contributed by atoms with Gasteiger partial charge in [-0.25, -0.2) is 4.79 Å². The van der Waals surface area contributed by atoms with Gasteiger partial charge in [0.15, 0.2) is 0 Å². The van der Waals surface area contributed by atoms with Crippen LogP contribution in [0.15, 0.2) is 54.6 Å². The topological polar surface area (TPSA) is 66.8 Å². The number of ether oxygens (including phenoxy) is 1. The van der Waals surface area contributed by atoms with Crippen LogP contribution in [0.3, 0.4) is 0 Å². The second-order valence-electron chi connectivity index (χ2n) is 6.68. The molecule has 1 aliphatic heterocycles. The number of aliphatic carboxylic acids is 1. The van der Waals surface area contributed by atoms with Crippen molar-refractivity contribution in [2.75, 3.05) is 6.54 Å². The molecule has 0 saturated carbocycles. The summed E-state index contributed by atoms with van der Waals surface area (Å²) in [6, 6.07) is 16.5. The largest absolute Gasteiger partial charge is 0.480 e. The van der Waals surface area contributed by atoms with Crippen LogP contribution in [-0.2, 0) is 9.59 Å². The fraction of sp³-hybridized carbons (Fsp3) is 0.333. The summed E-state index contributed by atoms with van der Waals surface area (Å²) in [5.74, 6) is 0.447. The number of carboxylic acids is 1. The standard InChI is InChI=1S/C21H23NO4/c1-15(13-20(23)22-12-6-11-19(22)21(24)25)16-7-5-10-18(14-16)26-17-8-3-2-4-9-17/h2-5,7-10,14-15,19H,6,11-13H2,1H3,(H,24,25)/t15?,19-/m0/s1. The van der Waals surface area contributed by atoms with Gasteiger partial charge in [0, 0.05) is 13.0 Å². The molecule has 0 bridgehead atoms. The van der Waals surface area contributed by atoms with Crippen LogP contribution in [0.2, 0.25) is 0 Å². The van der Waals surface area contributed by atoms with Crippen LogP contribution >= 0.6 is 0 Å². The summed E-state index contributed by atoms with van der Waals surface area (Å²) < 4.78 is 5.85. The van der Waals surface area contributed by atoms with Crippen molar-refractivity contribution < 1.29 is 19.4 Å². The van der Waals surface area contributed by atoms with Crippen LogP contribution in [-0.4, -0.2) is 34.5 Å². The fourth-order valence-corrected chi connectivity index (χ4v) is 3.33. The average molecular weight is 353 g/mol. The second-order valence-corrected chi connectivity index (χ2v) is 6.68. The van der Waals surface area contributed by atoms with Crippen molar-refractivity contribution in [1.82, 2.24) is 4.90 Å². The first-order valence-electron chi connectivity index (χ1n) is 8.89. The van der Waals surface area contributed by atoms with E-state index in [0.717, 1.165) is 23.5 Å². The summed E-state index contributed by atoms with van der Waals surface area (Å²) in [5, 5.41) is 9.25. The number of carbonyl (C=O) groups excluding carboxylic acids is 1. The molecule has 5 heteroatoms. The maximum atomic E-state index is 12.6. The lowest BCUT2D eigenvalue weighted by molar-refractivity contribution is -0.148. The molecule has 1 aliphatic rings. The van der Waals surface area contributed by atoms with E-state index in [1.165, 1.54) is 4.90 Å². The molecular weight excluding hydrogens is 330 g/mol. The van der Waals surface area contributed by atoms with Gasteiger partial charge in [0.25, 0.3) is 0 Å². The first-order valence-corrected chi connectivity index (χ1v) is 8.89. The monoisotopic (exact) mass is 353 g/mol. The van der Waals surface area contributed by atoms with Gasteiger partial charge in [0.2, 0.25) is 5.91 Å². The van der Waals surface area contributed by atoms with Gasteiger partial charge in [0.1, 0.15) is 17.5 Å². The number of hydrogen-bond acceptors (Lipinski definition) is 3. The zero-order valence-corrected chi connectivity index (χ0v) is 14.8. The van der Waals surface area contributed by atoms with E-state index in [0.29, 0.717) is 19.4 Å². The van der Waals surface area contributed by atoms with Gasteiger partial charge in [-0.3, -0.25) is 4.79 Å². The number of rotatable bonds is 6. The van der Waals surface area contributed by atoms with Crippen molar-refractivity contribution in [3.63, 3.8) is 0 Å². The van der Waals surface area contributed by atoms with Gasteiger partial charge in [0.05, 0.1) is 0 Å². The molecular formula is C21H23NO4. The summed E-state index contributed by atoms with van der Waals surface area (Å²) in [4.78, 5) is 25.3. The third-order valence-corrected chi connectivity index (χ3v) is 4.75. The highest BCUT2D eigenvalue weighted by Crippen LogP contribution is 2.28. The molecule has 5 nitrogen and oxygen atoms in total. The molecule has 3 rings (SSSR count). The van der Waals surface area contributed by atoms with Crippen LogP contribution in [0.4, 0.5) is 0 Å². The van der Waals surface area contributed by atoms with Crippen molar-refractivity contribution >= 4 is 11.9 Å². The summed E-state index contributed by atoms with van der Waals surface area (Å²) >= 11 is 0. The zero-order chi connectivity index (χ0) is 18.5. The molecule has 1 fully saturated rings. The molecule has 0 aromatic heterocycles. The summed E-state index contributed by atoms with van der Waals surface area (Å²) in [5.41, 5.74) is 0.998. The Morgan fingerprint density at radius 1 is 1.15 bits per heavy atom. The van der Waals surface area contributed by atoms with Crippen molar-refractivity contribution in [3.05, 3.63) is 60.2 Å². The molecule has 1 N–H and O–H groups in total. The number of likely N-dealkylation sites (tertiary alicyclic amines) is 1. The van der Waals surface area contributed by atoms with E-state index < -0.39 is 12.0 Å². The Morgan fingerprint density at radius 3 is 2.62 bits per heavy atom. The Labute approximate surface area is 153 Å². The van der Waals surface area contributed by atoms with Gasteiger partial charge in [-0.1, -0.05) is 37.3 Å². The summed E-state index contributed by atoms with van der Waals surface area (Å²) in [7, 11) is 0. The van der Waals surface area contributed by atoms with Gasteiger partial charge >= 0.3 is 5.97 Å². The van der Waals surface area contributed by atoms with Crippen LogP contribution in [0, 0.1) is 0 Å². The van der Waals surface area contributed by atoms with Crippen molar-refractivity contribution in [3.8, 4) is 11.5 Å². The lowest BCUT2D eigenvalue weighted by atomic mass is 9.97.